The molecule has 1 N–H and O–H groups in total. The molecule has 0 unspecified atom stereocenters. The van der Waals surface area contributed by atoms with Crippen LogP contribution in [0.15, 0.2) is 42.5 Å². The first kappa shape index (κ1) is 14.2. The summed E-state index contributed by atoms with van der Waals surface area (Å²) in [5.41, 5.74) is 3.32. The molecular formula is C18H16N2O2. The van der Waals surface area contributed by atoms with Crippen LogP contribution in [0.2, 0.25) is 0 Å². The number of hydrogen-bond acceptors (Lipinski definition) is 3. The Kier molecular flexibility index (Phi) is 4.06. The van der Waals surface area contributed by atoms with E-state index in [1.165, 1.54) is 5.56 Å². The third-order valence-electron chi connectivity index (χ3n) is 3.61. The van der Waals surface area contributed by atoms with Crippen LogP contribution in [0.4, 0.5) is 5.69 Å². The number of nitrogens with zero attached hydrogens (tertiary/aromatic N) is 1. The average molecular weight is 292 g/mol. The lowest BCUT2D eigenvalue weighted by atomic mass is 10.0. The minimum atomic E-state index is -0.0910. The molecule has 0 aliphatic carbocycles. The second-order valence-electron chi connectivity index (χ2n) is 5.31. The maximum Gasteiger partial charge on any atom is 0.228 e. The summed E-state index contributed by atoms with van der Waals surface area (Å²) >= 11 is 0. The second kappa shape index (κ2) is 6.31. The minimum Gasteiger partial charge on any atom is -0.493 e. The molecule has 4 heteroatoms. The Morgan fingerprint density at radius 1 is 1.27 bits per heavy atom. The third kappa shape index (κ3) is 3.26. The quantitative estimate of drug-likeness (QED) is 0.945. The number of carbonyl (C=O) groups excluding carboxylic acids is 1. The van der Waals surface area contributed by atoms with Crippen LogP contribution in [-0.4, -0.2) is 12.5 Å². The van der Waals surface area contributed by atoms with Crippen LogP contribution in [0.1, 0.15) is 23.1 Å². The standard InChI is InChI=1S/C18H16N2O2/c19-12-14-3-1-5-16(10-14)20-18(21)11-13-6-7-17-15(9-13)4-2-8-22-17/h1,3,5-7,9-10H,2,4,8,11H2,(H,20,21). The highest BCUT2D eigenvalue weighted by atomic mass is 16.5. The van der Waals surface area contributed by atoms with Gasteiger partial charge in [0, 0.05) is 5.69 Å². The van der Waals surface area contributed by atoms with Crippen molar-refractivity contribution >= 4 is 11.6 Å². The molecule has 1 heterocycles. The van der Waals surface area contributed by atoms with Crippen molar-refractivity contribution in [2.75, 3.05) is 11.9 Å². The number of ether oxygens (including phenoxy) is 1. The minimum absolute atomic E-state index is 0.0910. The number of carbonyl (C=O) groups is 1. The summed E-state index contributed by atoms with van der Waals surface area (Å²) in [7, 11) is 0. The van der Waals surface area contributed by atoms with E-state index in [-0.39, 0.29) is 5.91 Å². The molecule has 1 amide bonds. The number of hydrogen-bond donors (Lipinski definition) is 1. The zero-order valence-electron chi connectivity index (χ0n) is 12.1. The molecular weight excluding hydrogens is 276 g/mol. The number of rotatable bonds is 3. The van der Waals surface area contributed by atoms with Crippen molar-refractivity contribution in [2.45, 2.75) is 19.3 Å². The van der Waals surface area contributed by atoms with Crippen molar-refractivity contribution in [1.29, 1.82) is 5.26 Å². The van der Waals surface area contributed by atoms with Gasteiger partial charge in [-0.25, -0.2) is 0 Å². The summed E-state index contributed by atoms with van der Waals surface area (Å²) < 4.78 is 5.57. The van der Waals surface area contributed by atoms with E-state index in [2.05, 4.69) is 11.4 Å². The normalized spacial score (nSPS) is 12.7. The molecule has 0 spiro atoms. The van der Waals surface area contributed by atoms with E-state index in [4.69, 9.17) is 10.00 Å². The molecule has 0 atom stereocenters. The zero-order chi connectivity index (χ0) is 15.4. The maximum absolute atomic E-state index is 12.1. The van der Waals surface area contributed by atoms with Gasteiger partial charge in [0.2, 0.25) is 5.91 Å². The van der Waals surface area contributed by atoms with Crippen molar-refractivity contribution in [3.63, 3.8) is 0 Å². The lowest BCUT2D eigenvalue weighted by Gasteiger charge is -2.17. The van der Waals surface area contributed by atoms with Gasteiger partial charge < -0.3 is 10.1 Å². The van der Waals surface area contributed by atoms with E-state index in [1.807, 2.05) is 18.2 Å². The van der Waals surface area contributed by atoms with E-state index in [0.29, 0.717) is 17.7 Å². The zero-order valence-corrected chi connectivity index (χ0v) is 12.1. The third-order valence-corrected chi connectivity index (χ3v) is 3.61. The number of fused-ring (bicyclic) bond motifs is 1. The highest BCUT2D eigenvalue weighted by Gasteiger charge is 2.12. The number of nitriles is 1. The fourth-order valence-corrected chi connectivity index (χ4v) is 2.58. The molecule has 4 nitrogen and oxygen atoms in total. The monoisotopic (exact) mass is 292 g/mol. The summed E-state index contributed by atoms with van der Waals surface area (Å²) in [4.78, 5) is 12.1. The van der Waals surface area contributed by atoms with Gasteiger partial charge in [-0.2, -0.15) is 5.26 Å². The molecule has 0 aromatic heterocycles. The molecule has 0 fully saturated rings. The number of amides is 1. The van der Waals surface area contributed by atoms with Crippen molar-refractivity contribution in [1.82, 2.24) is 0 Å². The van der Waals surface area contributed by atoms with Crippen LogP contribution >= 0.6 is 0 Å². The Bertz CT molecular complexity index is 747. The van der Waals surface area contributed by atoms with Crippen molar-refractivity contribution in [3.8, 4) is 11.8 Å². The fourth-order valence-electron chi connectivity index (χ4n) is 2.58. The Morgan fingerprint density at radius 3 is 3.05 bits per heavy atom. The fraction of sp³-hybridized carbons (Fsp3) is 0.222. The van der Waals surface area contributed by atoms with Gasteiger partial charge in [-0.15, -0.1) is 0 Å². The molecule has 2 aromatic rings. The van der Waals surface area contributed by atoms with Crippen molar-refractivity contribution in [2.24, 2.45) is 0 Å². The van der Waals surface area contributed by atoms with Gasteiger partial charge in [0.25, 0.3) is 0 Å². The van der Waals surface area contributed by atoms with Crippen molar-refractivity contribution in [3.05, 3.63) is 59.2 Å². The number of benzene rings is 2. The van der Waals surface area contributed by atoms with E-state index < -0.39 is 0 Å². The van der Waals surface area contributed by atoms with Crippen LogP contribution in [0, 0.1) is 11.3 Å². The molecule has 0 radical (unpaired) electrons. The lowest BCUT2D eigenvalue weighted by Crippen LogP contribution is -2.15. The Labute approximate surface area is 129 Å². The first-order chi connectivity index (χ1) is 10.7. The number of aryl methyl sites for hydroxylation is 1. The average Bonchev–Trinajstić information content (AvgIpc) is 2.55. The molecule has 0 saturated carbocycles. The van der Waals surface area contributed by atoms with Crippen LogP contribution in [-0.2, 0) is 17.6 Å². The van der Waals surface area contributed by atoms with E-state index in [1.54, 1.807) is 24.3 Å². The lowest BCUT2D eigenvalue weighted by molar-refractivity contribution is -0.115. The Morgan fingerprint density at radius 2 is 2.18 bits per heavy atom. The largest absolute Gasteiger partial charge is 0.493 e. The molecule has 3 rings (SSSR count). The van der Waals surface area contributed by atoms with Gasteiger partial charge in [-0.05, 0) is 48.2 Å². The van der Waals surface area contributed by atoms with Gasteiger partial charge >= 0.3 is 0 Å². The van der Waals surface area contributed by atoms with E-state index in [0.717, 1.165) is 30.8 Å². The smallest absolute Gasteiger partial charge is 0.228 e. The first-order valence-corrected chi connectivity index (χ1v) is 7.29. The maximum atomic E-state index is 12.1. The van der Waals surface area contributed by atoms with Crippen LogP contribution in [0.25, 0.3) is 0 Å². The van der Waals surface area contributed by atoms with Gasteiger partial charge in [0.1, 0.15) is 5.75 Å². The Balaban J connectivity index is 1.68. The number of nitrogens with one attached hydrogen (secondary N) is 1. The van der Waals surface area contributed by atoms with Gasteiger partial charge in [-0.3, -0.25) is 4.79 Å². The van der Waals surface area contributed by atoms with E-state index in [9.17, 15) is 4.79 Å². The topological polar surface area (TPSA) is 62.1 Å². The molecule has 1 aliphatic rings. The molecule has 110 valence electrons. The van der Waals surface area contributed by atoms with Gasteiger partial charge in [0.15, 0.2) is 0 Å². The SMILES string of the molecule is N#Cc1cccc(NC(=O)Cc2ccc3c(c2)CCCO3)c1. The summed E-state index contributed by atoms with van der Waals surface area (Å²) in [6, 6.07) is 14.9. The van der Waals surface area contributed by atoms with Gasteiger partial charge in [0.05, 0.1) is 24.7 Å². The highest BCUT2D eigenvalue weighted by Crippen LogP contribution is 2.25. The predicted octanol–water partition coefficient (Wildman–Crippen LogP) is 3.06. The summed E-state index contributed by atoms with van der Waals surface area (Å²) in [6.45, 7) is 0.766. The van der Waals surface area contributed by atoms with E-state index >= 15 is 0 Å². The summed E-state index contributed by atoms with van der Waals surface area (Å²) in [6.07, 6.45) is 2.32. The first-order valence-electron chi connectivity index (χ1n) is 7.29. The van der Waals surface area contributed by atoms with Crippen LogP contribution in [0.5, 0.6) is 5.75 Å². The van der Waals surface area contributed by atoms with Crippen LogP contribution in [0.3, 0.4) is 0 Å². The van der Waals surface area contributed by atoms with Crippen LogP contribution < -0.4 is 10.1 Å². The molecule has 0 saturated heterocycles. The Hall–Kier alpha value is -2.80. The molecule has 1 aliphatic heterocycles. The second-order valence-corrected chi connectivity index (χ2v) is 5.31. The number of anilines is 1. The summed E-state index contributed by atoms with van der Waals surface area (Å²) in [5.74, 6) is 0.837. The molecule has 22 heavy (non-hydrogen) atoms. The van der Waals surface area contributed by atoms with Crippen molar-refractivity contribution < 1.29 is 9.53 Å². The molecule has 0 bridgehead atoms. The summed E-state index contributed by atoms with van der Waals surface area (Å²) in [5, 5.41) is 11.7. The molecule has 2 aromatic carbocycles. The highest BCUT2D eigenvalue weighted by molar-refractivity contribution is 5.92. The predicted molar refractivity (Wildman–Crippen MR) is 83.7 cm³/mol. The van der Waals surface area contributed by atoms with Gasteiger partial charge in [-0.1, -0.05) is 18.2 Å².